The molecule has 1 aromatic carbocycles. The van der Waals surface area contributed by atoms with Crippen LogP contribution in [0.1, 0.15) is 137 Å². The molecule has 0 amide bonds. The summed E-state index contributed by atoms with van der Waals surface area (Å²) >= 11 is 0. The zero-order valence-corrected chi connectivity index (χ0v) is 27.9. The molecule has 2 aromatic rings. The number of alkyl halides is 3. The molecule has 4 nitrogen and oxygen atoms in total. The average Bonchev–Trinajstić information content (AvgIpc) is 3.50. The molecule has 1 saturated carbocycles. The SMILES string of the molecule is CC(C)c1nc2c(c3c1[C@@H](c1ccc(C(F)(F)F)cc1)OC31CCOCC1)[C@@H](O[Si](C)(C)C(C)(C)C)CC1(CCCC1)C2. The third-order valence-corrected chi connectivity index (χ3v) is 15.7. The lowest BCUT2D eigenvalue weighted by Gasteiger charge is -2.47. The summed E-state index contributed by atoms with van der Waals surface area (Å²) in [6.07, 6.45) is 3.38. The first-order valence-electron chi connectivity index (χ1n) is 16.2. The largest absolute Gasteiger partial charge is 0.416 e. The van der Waals surface area contributed by atoms with Crippen LogP contribution in [0.2, 0.25) is 18.1 Å². The van der Waals surface area contributed by atoms with E-state index in [0.717, 1.165) is 29.7 Å². The highest BCUT2D eigenvalue weighted by atomic mass is 28.4. The number of pyridine rings is 1. The highest BCUT2D eigenvalue weighted by Crippen LogP contribution is 2.61. The van der Waals surface area contributed by atoms with Crippen LogP contribution < -0.4 is 0 Å². The third kappa shape index (κ3) is 5.42. The predicted molar refractivity (Wildman–Crippen MR) is 165 cm³/mol. The molecule has 1 aromatic heterocycles. The lowest BCUT2D eigenvalue weighted by atomic mass is 9.67. The zero-order valence-electron chi connectivity index (χ0n) is 26.9. The maximum absolute atomic E-state index is 13.5. The van der Waals surface area contributed by atoms with E-state index in [9.17, 15) is 13.2 Å². The molecule has 0 radical (unpaired) electrons. The van der Waals surface area contributed by atoms with Gasteiger partial charge in [0.25, 0.3) is 0 Å². The minimum absolute atomic E-state index is 0.0531. The lowest BCUT2D eigenvalue weighted by Crippen LogP contribution is -2.45. The number of benzene rings is 1. The van der Waals surface area contributed by atoms with E-state index in [0.29, 0.717) is 26.1 Å². The second-order valence-electron chi connectivity index (χ2n) is 15.5. The monoisotopic (exact) mass is 615 g/mol. The van der Waals surface area contributed by atoms with Crippen molar-refractivity contribution in [1.82, 2.24) is 4.98 Å². The average molecular weight is 616 g/mol. The number of nitrogens with zero attached hydrogens (tertiary/aromatic N) is 1. The quantitative estimate of drug-likeness (QED) is 0.321. The van der Waals surface area contributed by atoms with Gasteiger partial charge in [0.2, 0.25) is 0 Å². The Morgan fingerprint density at radius 1 is 0.953 bits per heavy atom. The van der Waals surface area contributed by atoms with Crippen molar-refractivity contribution in [3.8, 4) is 0 Å². The molecular weight excluding hydrogens is 567 g/mol. The molecular formula is C35H48F3NO3Si. The van der Waals surface area contributed by atoms with Crippen molar-refractivity contribution in [2.45, 2.75) is 134 Å². The van der Waals surface area contributed by atoms with E-state index in [1.54, 1.807) is 12.1 Å². The lowest BCUT2D eigenvalue weighted by molar-refractivity contribution is -0.137. The van der Waals surface area contributed by atoms with Gasteiger partial charge in [-0.25, -0.2) is 0 Å². The minimum Gasteiger partial charge on any atom is -0.410 e. The van der Waals surface area contributed by atoms with E-state index < -0.39 is 31.8 Å². The fourth-order valence-electron chi connectivity index (χ4n) is 7.92. The smallest absolute Gasteiger partial charge is 0.410 e. The second-order valence-corrected chi connectivity index (χ2v) is 20.2. The van der Waals surface area contributed by atoms with E-state index in [1.165, 1.54) is 54.6 Å². The molecule has 8 heteroatoms. The Kier molecular flexibility index (Phi) is 7.75. The van der Waals surface area contributed by atoms with Crippen LogP contribution in [-0.2, 0) is 32.1 Å². The van der Waals surface area contributed by atoms with Crippen LogP contribution in [0.5, 0.6) is 0 Å². The van der Waals surface area contributed by atoms with Crippen molar-refractivity contribution in [2.75, 3.05) is 13.2 Å². The van der Waals surface area contributed by atoms with Gasteiger partial charge < -0.3 is 13.9 Å². The van der Waals surface area contributed by atoms with Crippen LogP contribution in [-0.4, -0.2) is 26.5 Å². The van der Waals surface area contributed by atoms with E-state index in [4.69, 9.17) is 18.9 Å². The number of rotatable bonds is 4. The van der Waals surface area contributed by atoms with Gasteiger partial charge >= 0.3 is 6.18 Å². The van der Waals surface area contributed by atoms with Crippen LogP contribution >= 0.6 is 0 Å². The number of ether oxygens (including phenoxy) is 2. The van der Waals surface area contributed by atoms with Gasteiger partial charge in [-0.2, -0.15) is 13.2 Å². The molecule has 2 spiro atoms. The number of fused-ring (bicyclic) bond motifs is 4. The maximum atomic E-state index is 13.5. The molecule has 3 heterocycles. The second kappa shape index (κ2) is 10.7. The van der Waals surface area contributed by atoms with Crippen molar-refractivity contribution < 1.29 is 27.1 Å². The summed E-state index contributed by atoms with van der Waals surface area (Å²) in [5.41, 5.74) is 5.41. The number of hydrogen-bond donors (Lipinski definition) is 0. The van der Waals surface area contributed by atoms with E-state index >= 15 is 0 Å². The molecule has 2 atom stereocenters. The fourth-order valence-corrected chi connectivity index (χ4v) is 9.18. The van der Waals surface area contributed by atoms with Gasteiger partial charge in [-0.15, -0.1) is 0 Å². The van der Waals surface area contributed by atoms with Crippen LogP contribution in [0.15, 0.2) is 24.3 Å². The molecule has 0 N–H and O–H groups in total. The number of aromatic nitrogens is 1. The number of halogens is 3. The van der Waals surface area contributed by atoms with E-state index in [-0.39, 0.29) is 22.5 Å². The van der Waals surface area contributed by atoms with Crippen molar-refractivity contribution in [3.63, 3.8) is 0 Å². The molecule has 0 bridgehead atoms. The summed E-state index contributed by atoms with van der Waals surface area (Å²) in [5.74, 6) is 0.135. The molecule has 2 aliphatic carbocycles. The van der Waals surface area contributed by atoms with Gasteiger partial charge in [-0.1, -0.05) is 59.6 Å². The van der Waals surface area contributed by atoms with Gasteiger partial charge in [0.05, 0.1) is 17.3 Å². The maximum Gasteiger partial charge on any atom is 0.416 e. The van der Waals surface area contributed by atoms with Crippen molar-refractivity contribution in [3.05, 3.63) is 63.5 Å². The van der Waals surface area contributed by atoms with Crippen molar-refractivity contribution in [2.24, 2.45) is 5.41 Å². The topological polar surface area (TPSA) is 40.6 Å². The summed E-state index contributed by atoms with van der Waals surface area (Å²) in [6, 6.07) is 5.55. The number of hydrogen-bond acceptors (Lipinski definition) is 4. The van der Waals surface area contributed by atoms with Gasteiger partial charge in [0, 0.05) is 48.6 Å². The Bertz CT molecular complexity index is 1350. The zero-order chi connectivity index (χ0) is 31.0. The van der Waals surface area contributed by atoms with Gasteiger partial charge in [0.15, 0.2) is 8.32 Å². The summed E-state index contributed by atoms with van der Waals surface area (Å²) in [4.78, 5) is 5.50. The predicted octanol–water partition coefficient (Wildman–Crippen LogP) is 9.92. The Hall–Kier alpha value is -1.74. The molecule has 2 fully saturated rings. The van der Waals surface area contributed by atoms with E-state index in [1.807, 2.05) is 0 Å². The third-order valence-electron chi connectivity index (χ3n) is 11.2. The standard InChI is InChI=1S/C35H48F3NO3Si/c1-22(2)30-28-29(34(16-18-40-19-17-34)41-31(28)23-10-12-24(13-11-23)35(36,37)38)27-25(39-30)20-33(14-8-9-15-33)21-26(27)42-43(6,7)32(3,4)5/h10-13,22,26,31H,8-9,14-21H2,1-7H3/t26-,31+/m0/s1. The molecule has 1 saturated heterocycles. The Balaban J connectivity index is 1.58. The van der Waals surface area contributed by atoms with Crippen LogP contribution in [0.4, 0.5) is 13.2 Å². The summed E-state index contributed by atoms with van der Waals surface area (Å²) in [5, 5.41) is 0.0531. The Labute approximate surface area is 256 Å². The van der Waals surface area contributed by atoms with Crippen LogP contribution in [0, 0.1) is 5.41 Å². The first-order valence-corrected chi connectivity index (χ1v) is 19.1. The first-order chi connectivity index (χ1) is 20.1. The summed E-state index contributed by atoms with van der Waals surface area (Å²) in [7, 11) is -2.16. The first kappa shape index (κ1) is 31.2. The molecule has 4 aliphatic rings. The van der Waals surface area contributed by atoms with Gasteiger partial charge in [0.1, 0.15) is 6.10 Å². The minimum atomic E-state index is -4.39. The van der Waals surface area contributed by atoms with Crippen molar-refractivity contribution in [1.29, 1.82) is 0 Å². The van der Waals surface area contributed by atoms with Gasteiger partial charge in [-0.3, -0.25) is 4.98 Å². The highest BCUT2D eigenvalue weighted by molar-refractivity contribution is 6.74. The molecule has 0 unspecified atom stereocenters. The molecule has 43 heavy (non-hydrogen) atoms. The van der Waals surface area contributed by atoms with Crippen LogP contribution in [0.25, 0.3) is 0 Å². The van der Waals surface area contributed by atoms with E-state index in [2.05, 4.69) is 47.7 Å². The fraction of sp³-hybridized carbons (Fsp3) is 0.686. The highest BCUT2D eigenvalue weighted by Gasteiger charge is 2.55. The molecule has 236 valence electrons. The molecule has 2 aliphatic heterocycles. The van der Waals surface area contributed by atoms with Gasteiger partial charge in [-0.05, 0) is 78.4 Å². The molecule has 6 rings (SSSR count). The van der Waals surface area contributed by atoms with Crippen LogP contribution in [0.3, 0.4) is 0 Å². The normalized spacial score (nSPS) is 25.0. The van der Waals surface area contributed by atoms with Crippen molar-refractivity contribution >= 4 is 8.32 Å². The Morgan fingerprint density at radius 3 is 2.14 bits per heavy atom. The summed E-state index contributed by atoms with van der Waals surface area (Å²) in [6.45, 7) is 17.1. The Morgan fingerprint density at radius 2 is 1.58 bits per heavy atom. The summed E-state index contributed by atoms with van der Waals surface area (Å²) < 4.78 is 60.9.